The number of nitrogens with one attached hydrogen (secondary N) is 1. The minimum Gasteiger partial charge on any atom is -0.293 e. The Hall–Kier alpha value is -3.30. The summed E-state index contributed by atoms with van der Waals surface area (Å²) < 4.78 is 41.2. The molecule has 3 aromatic rings. The van der Waals surface area contributed by atoms with E-state index < -0.39 is 35.9 Å². The number of hydrogen-bond donors (Lipinski definition) is 1. The Morgan fingerprint density at radius 3 is 2.57 bits per heavy atom. The first kappa shape index (κ1) is 20.0. The first-order chi connectivity index (χ1) is 14.3. The third-order valence-electron chi connectivity index (χ3n) is 5.37. The molecule has 7 nitrogen and oxygen atoms in total. The van der Waals surface area contributed by atoms with Crippen molar-refractivity contribution in [1.82, 2.24) is 19.7 Å². The van der Waals surface area contributed by atoms with Crippen molar-refractivity contribution in [2.45, 2.75) is 45.1 Å². The van der Waals surface area contributed by atoms with Crippen LogP contribution in [0.5, 0.6) is 0 Å². The molecular formula is C20H18F3N5O2. The zero-order valence-electron chi connectivity index (χ0n) is 16.0. The summed E-state index contributed by atoms with van der Waals surface area (Å²) >= 11 is 0. The van der Waals surface area contributed by atoms with Crippen LogP contribution in [0.25, 0.3) is 10.8 Å². The van der Waals surface area contributed by atoms with Crippen LogP contribution in [0.4, 0.5) is 19.1 Å². The van der Waals surface area contributed by atoms with Gasteiger partial charge in [0, 0.05) is 5.39 Å². The number of amides is 1. The van der Waals surface area contributed by atoms with Gasteiger partial charge in [0.05, 0.1) is 17.8 Å². The number of hydrogen-bond acceptors (Lipinski definition) is 5. The standard InChI is InChI=1S/C20H18F3N5O2/c1-10-13(11-3-2-4-11)5-6-14-16(10)17(18(22)23)27-28(19(14)30)9-15(29)26-20-24-7-12(21)8-25-20/h5-8,11,18H,2-4,9H2,1H3,(H,24,25,26,29). The summed E-state index contributed by atoms with van der Waals surface area (Å²) in [6.45, 7) is 1.12. The Morgan fingerprint density at radius 2 is 1.97 bits per heavy atom. The Labute approximate surface area is 169 Å². The third-order valence-corrected chi connectivity index (χ3v) is 5.37. The van der Waals surface area contributed by atoms with Crippen LogP contribution in [-0.2, 0) is 11.3 Å². The molecule has 30 heavy (non-hydrogen) atoms. The number of aryl methyl sites for hydroxylation is 1. The zero-order chi connectivity index (χ0) is 21.4. The van der Waals surface area contributed by atoms with Gasteiger partial charge in [-0.1, -0.05) is 12.5 Å². The van der Waals surface area contributed by atoms with Gasteiger partial charge in [0.1, 0.15) is 12.2 Å². The second-order valence-corrected chi connectivity index (χ2v) is 7.25. The van der Waals surface area contributed by atoms with Gasteiger partial charge in [-0.3, -0.25) is 14.9 Å². The fourth-order valence-electron chi connectivity index (χ4n) is 3.70. The average molecular weight is 417 g/mol. The monoisotopic (exact) mass is 417 g/mol. The topological polar surface area (TPSA) is 89.8 Å². The molecule has 0 spiro atoms. The number of carbonyl (C=O) groups excluding carboxylic acids is 1. The summed E-state index contributed by atoms with van der Waals surface area (Å²) in [4.78, 5) is 32.2. The lowest BCUT2D eigenvalue weighted by atomic mass is 9.77. The maximum Gasteiger partial charge on any atom is 0.282 e. The largest absolute Gasteiger partial charge is 0.293 e. The molecule has 0 unspecified atom stereocenters. The highest BCUT2D eigenvalue weighted by atomic mass is 19.3. The molecule has 1 aliphatic carbocycles. The summed E-state index contributed by atoms with van der Waals surface area (Å²) in [7, 11) is 0. The molecule has 1 saturated carbocycles. The predicted molar refractivity (Wildman–Crippen MR) is 103 cm³/mol. The van der Waals surface area contributed by atoms with E-state index >= 15 is 0 Å². The lowest BCUT2D eigenvalue weighted by Gasteiger charge is -2.28. The van der Waals surface area contributed by atoms with Crippen LogP contribution in [-0.4, -0.2) is 25.7 Å². The van der Waals surface area contributed by atoms with E-state index in [1.807, 2.05) is 0 Å². The van der Waals surface area contributed by atoms with E-state index in [-0.39, 0.29) is 16.7 Å². The van der Waals surface area contributed by atoms with Crippen molar-refractivity contribution in [2.24, 2.45) is 0 Å². The molecule has 1 aliphatic rings. The quantitative estimate of drug-likeness (QED) is 0.687. The molecule has 2 heterocycles. The van der Waals surface area contributed by atoms with Crippen molar-refractivity contribution in [3.63, 3.8) is 0 Å². The molecule has 1 fully saturated rings. The Balaban J connectivity index is 1.72. The smallest absolute Gasteiger partial charge is 0.282 e. The maximum atomic E-state index is 13.8. The van der Waals surface area contributed by atoms with Crippen molar-refractivity contribution in [3.8, 4) is 0 Å². The SMILES string of the molecule is Cc1c(C2CCC2)ccc2c(=O)n(CC(=O)Nc3ncc(F)cn3)nc(C(F)F)c12. The van der Waals surface area contributed by atoms with Crippen molar-refractivity contribution in [2.75, 3.05) is 5.32 Å². The van der Waals surface area contributed by atoms with Gasteiger partial charge in [-0.25, -0.2) is 27.8 Å². The lowest BCUT2D eigenvalue weighted by Crippen LogP contribution is -2.31. The van der Waals surface area contributed by atoms with Crippen LogP contribution in [0, 0.1) is 12.7 Å². The summed E-state index contributed by atoms with van der Waals surface area (Å²) in [5.41, 5.74) is 0.413. The van der Waals surface area contributed by atoms with Crippen LogP contribution >= 0.6 is 0 Å². The van der Waals surface area contributed by atoms with Crippen LogP contribution in [0.2, 0.25) is 0 Å². The molecule has 1 N–H and O–H groups in total. The van der Waals surface area contributed by atoms with Crippen molar-refractivity contribution >= 4 is 22.6 Å². The van der Waals surface area contributed by atoms with Crippen molar-refractivity contribution in [1.29, 1.82) is 0 Å². The van der Waals surface area contributed by atoms with Gasteiger partial charge >= 0.3 is 0 Å². The number of alkyl halides is 2. The summed E-state index contributed by atoms with van der Waals surface area (Å²) in [6, 6.07) is 3.33. The number of rotatable bonds is 5. The average Bonchev–Trinajstić information content (AvgIpc) is 2.66. The van der Waals surface area contributed by atoms with Crippen LogP contribution in [0.15, 0.2) is 29.3 Å². The molecule has 0 radical (unpaired) electrons. The molecule has 0 saturated heterocycles. The molecule has 10 heteroatoms. The van der Waals surface area contributed by atoms with Gasteiger partial charge in [-0.15, -0.1) is 0 Å². The second kappa shape index (κ2) is 7.85. The van der Waals surface area contributed by atoms with E-state index in [2.05, 4.69) is 20.4 Å². The van der Waals surface area contributed by atoms with Gasteiger partial charge in [0.2, 0.25) is 11.9 Å². The van der Waals surface area contributed by atoms with Gasteiger partial charge in [-0.05, 0) is 42.9 Å². The number of nitrogens with zero attached hydrogens (tertiary/aromatic N) is 4. The predicted octanol–water partition coefficient (Wildman–Crippen LogP) is 3.48. The van der Waals surface area contributed by atoms with Gasteiger partial charge in [0.15, 0.2) is 5.82 Å². The number of benzene rings is 1. The fourth-order valence-corrected chi connectivity index (χ4v) is 3.70. The van der Waals surface area contributed by atoms with E-state index in [9.17, 15) is 22.8 Å². The second-order valence-electron chi connectivity index (χ2n) is 7.25. The first-order valence-electron chi connectivity index (χ1n) is 9.45. The normalized spacial score (nSPS) is 14.2. The zero-order valence-corrected chi connectivity index (χ0v) is 16.0. The Bertz CT molecular complexity index is 1170. The molecule has 4 rings (SSSR count). The van der Waals surface area contributed by atoms with E-state index in [0.717, 1.165) is 37.2 Å². The third kappa shape index (κ3) is 3.64. The molecule has 0 atom stereocenters. The maximum absolute atomic E-state index is 13.8. The molecule has 2 aromatic heterocycles. The van der Waals surface area contributed by atoms with Crippen molar-refractivity contribution in [3.05, 3.63) is 57.5 Å². The Kier molecular flexibility index (Phi) is 5.23. The van der Waals surface area contributed by atoms with Crippen LogP contribution in [0.3, 0.4) is 0 Å². The molecule has 0 aliphatic heterocycles. The van der Waals surface area contributed by atoms with Gasteiger partial charge < -0.3 is 0 Å². The number of halogens is 3. The number of carbonyl (C=O) groups is 1. The summed E-state index contributed by atoms with van der Waals surface area (Å²) in [5.74, 6) is -1.30. The van der Waals surface area contributed by atoms with E-state index in [1.54, 1.807) is 13.0 Å². The van der Waals surface area contributed by atoms with Gasteiger partial charge in [-0.2, -0.15) is 5.10 Å². The molecule has 1 aromatic carbocycles. The van der Waals surface area contributed by atoms with E-state index in [1.165, 1.54) is 6.07 Å². The van der Waals surface area contributed by atoms with Gasteiger partial charge in [0.25, 0.3) is 12.0 Å². The fraction of sp³-hybridized carbons (Fsp3) is 0.350. The molecule has 156 valence electrons. The van der Waals surface area contributed by atoms with E-state index in [4.69, 9.17) is 0 Å². The number of fused-ring (bicyclic) bond motifs is 1. The van der Waals surface area contributed by atoms with Crippen LogP contribution < -0.4 is 10.9 Å². The minimum atomic E-state index is -2.92. The first-order valence-corrected chi connectivity index (χ1v) is 9.45. The van der Waals surface area contributed by atoms with E-state index in [0.29, 0.717) is 16.2 Å². The Morgan fingerprint density at radius 1 is 1.27 bits per heavy atom. The highest BCUT2D eigenvalue weighted by Crippen LogP contribution is 2.40. The number of aromatic nitrogens is 4. The van der Waals surface area contributed by atoms with Crippen LogP contribution in [0.1, 0.15) is 48.4 Å². The summed E-state index contributed by atoms with van der Waals surface area (Å²) in [6.07, 6.45) is 1.88. The highest BCUT2D eigenvalue weighted by molar-refractivity contribution is 5.90. The molecule has 0 bridgehead atoms. The molecular weight excluding hydrogens is 399 g/mol. The highest BCUT2D eigenvalue weighted by Gasteiger charge is 2.26. The lowest BCUT2D eigenvalue weighted by molar-refractivity contribution is -0.117. The van der Waals surface area contributed by atoms with Crippen molar-refractivity contribution < 1.29 is 18.0 Å². The summed E-state index contributed by atoms with van der Waals surface area (Å²) in [5, 5.41) is 6.31. The molecule has 1 amide bonds. The minimum absolute atomic E-state index is 0.0895. The number of anilines is 1.